The quantitative estimate of drug-likeness (QED) is 0.516. The molecule has 0 bridgehead atoms. The minimum atomic E-state index is -0.0927. The Morgan fingerprint density at radius 3 is 2.52 bits per heavy atom. The standard InChI is InChI=1S/C24H26N2O2S/c1-17(2)19-7-4-18(5-8-19)6-13-23(27)25-15-14-24-26-22(16-29-24)20-9-11-21(28-3)12-10-20/h4-13,16-17H,14-15H2,1-3H3,(H,25,27)/b13-6+. The predicted octanol–water partition coefficient (Wildman–Crippen LogP) is 5.31. The van der Waals surface area contributed by atoms with Crippen LogP contribution in [0.4, 0.5) is 0 Å². The normalized spacial score (nSPS) is 11.2. The first-order chi connectivity index (χ1) is 14.0. The lowest BCUT2D eigenvalue weighted by Crippen LogP contribution is -2.23. The Morgan fingerprint density at radius 1 is 1.14 bits per heavy atom. The van der Waals surface area contributed by atoms with Crippen molar-refractivity contribution < 1.29 is 9.53 Å². The van der Waals surface area contributed by atoms with Gasteiger partial charge in [0.15, 0.2) is 0 Å². The van der Waals surface area contributed by atoms with Crippen LogP contribution in [0, 0.1) is 0 Å². The third-order valence-electron chi connectivity index (χ3n) is 4.61. The molecule has 3 rings (SSSR count). The van der Waals surface area contributed by atoms with Crippen LogP contribution in [0.2, 0.25) is 0 Å². The van der Waals surface area contributed by atoms with Gasteiger partial charge in [-0.25, -0.2) is 4.98 Å². The monoisotopic (exact) mass is 406 g/mol. The van der Waals surface area contributed by atoms with Gasteiger partial charge in [-0.3, -0.25) is 4.79 Å². The number of ether oxygens (including phenoxy) is 1. The van der Waals surface area contributed by atoms with Gasteiger partial charge in [0.05, 0.1) is 17.8 Å². The van der Waals surface area contributed by atoms with E-state index in [1.54, 1.807) is 24.5 Å². The molecular formula is C24H26N2O2S. The van der Waals surface area contributed by atoms with Gasteiger partial charge in [0.2, 0.25) is 5.91 Å². The first-order valence-electron chi connectivity index (χ1n) is 9.70. The molecule has 0 radical (unpaired) electrons. The van der Waals surface area contributed by atoms with Crippen LogP contribution in [0.1, 0.15) is 35.9 Å². The van der Waals surface area contributed by atoms with E-state index < -0.39 is 0 Å². The SMILES string of the molecule is COc1ccc(-c2csc(CCNC(=O)/C=C/c3ccc(C(C)C)cc3)n2)cc1. The largest absolute Gasteiger partial charge is 0.497 e. The number of nitrogens with zero attached hydrogens (tertiary/aromatic N) is 1. The van der Waals surface area contributed by atoms with Crippen LogP contribution in [0.3, 0.4) is 0 Å². The first kappa shape index (κ1) is 20.8. The van der Waals surface area contributed by atoms with Gasteiger partial charge in [0.25, 0.3) is 0 Å². The summed E-state index contributed by atoms with van der Waals surface area (Å²) in [6.45, 7) is 4.90. The van der Waals surface area contributed by atoms with Gasteiger partial charge in [0, 0.05) is 30.0 Å². The number of methoxy groups -OCH3 is 1. The molecule has 5 heteroatoms. The number of nitrogens with one attached hydrogen (secondary N) is 1. The van der Waals surface area contributed by atoms with Crippen molar-refractivity contribution >= 4 is 23.3 Å². The van der Waals surface area contributed by atoms with Crippen molar-refractivity contribution in [2.75, 3.05) is 13.7 Å². The lowest BCUT2D eigenvalue weighted by Gasteiger charge is -2.04. The fourth-order valence-corrected chi connectivity index (χ4v) is 3.64. The zero-order chi connectivity index (χ0) is 20.6. The molecule has 4 nitrogen and oxygen atoms in total. The maximum absolute atomic E-state index is 12.0. The molecule has 0 atom stereocenters. The summed E-state index contributed by atoms with van der Waals surface area (Å²) < 4.78 is 5.18. The average molecular weight is 407 g/mol. The van der Waals surface area contributed by atoms with Crippen LogP contribution in [-0.4, -0.2) is 24.5 Å². The highest BCUT2D eigenvalue weighted by Crippen LogP contribution is 2.24. The minimum absolute atomic E-state index is 0.0927. The highest BCUT2D eigenvalue weighted by molar-refractivity contribution is 7.09. The second-order valence-corrected chi connectivity index (χ2v) is 7.99. The van der Waals surface area contributed by atoms with Crippen molar-refractivity contribution in [3.05, 3.63) is 76.1 Å². The van der Waals surface area contributed by atoms with Gasteiger partial charge in [-0.05, 0) is 47.4 Å². The number of hydrogen-bond acceptors (Lipinski definition) is 4. The molecule has 1 amide bonds. The molecule has 0 saturated carbocycles. The maximum Gasteiger partial charge on any atom is 0.244 e. The Balaban J connectivity index is 1.47. The van der Waals surface area contributed by atoms with E-state index in [-0.39, 0.29) is 5.91 Å². The van der Waals surface area contributed by atoms with Gasteiger partial charge >= 0.3 is 0 Å². The van der Waals surface area contributed by atoms with Crippen molar-refractivity contribution in [2.24, 2.45) is 0 Å². The smallest absolute Gasteiger partial charge is 0.244 e. The van der Waals surface area contributed by atoms with E-state index in [9.17, 15) is 4.79 Å². The summed E-state index contributed by atoms with van der Waals surface area (Å²) in [5.74, 6) is 1.24. The molecule has 3 aromatic rings. The Hall–Kier alpha value is -2.92. The van der Waals surface area contributed by atoms with E-state index in [4.69, 9.17) is 4.74 Å². The third kappa shape index (κ3) is 6.03. The maximum atomic E-state index is 12.0. The lowest BCUT2D eigenvalue weighted by atomic mass is 10.0. The Labute approximate surface area is 176 Å². The molecule has 2 aromatic carbocycles. The van der Waals surface area contributed by atoms with E-state index in [0.29, 0.717) is 18.9 Å². The predicted molar refractivity (Wildman–Crippen MR) is 120 cm³/mol. The molecule has 0 aliphatic heterocycles. The first-order valence-corrected chi connectivity index (χ1v) is 10.6. The van der Waals surface area contributed by atoms with Crippen LogP contribution in [0.5, 0.6) is 5.75 Å². The zero-order valence-electron chi connectivity index (χ0n) is 17.0. The fraction of sp³-hybridized carbons (Fsp3) is 0.250. The number of thiazole rings is 1. The van der Waals surface area contributed by atoms with Crippen LogP contribution in [0.15, 0.2) is 60.0 Å². The number of carbonyl (C=O) groups is 1. The van der Waals surface area contributed by atoms with E-state index in [1.807, 2.05) is 47.9 Å². The number of hydrogen-bond donors (Lipinski definition) is 1. The van der Waals surface area contributed by atoms with E-state index in [1.165, 1.54) is 5.56 Å². The lowest BCUT2D eigenvalue weighted by molar-refractivity contribution is -0.116. The van der Waals surface area contributed by atoms with Gasteiger partial charge in [-0.1, -0.05) is 38.1 Å². The van der Waals surface area contributed by atoms with Crippen LogP contribution in [-0.2, 0) is 11.2 Å². The van der Waals surface area contributed by atoms with E-state index in [0.717, 1.165) is 27.6 Å². The van der Waals surface area contributed by atoms with Crippen molar-refractivity contribution in [1.29, 1.82) is 0 Å². The fourth-order valence-electron chi connectivity index (χ4n) is 2.84. The van der Waals surface area contributed by atoms with Gasteiger partial charge in [0.1, 0.15) is 5.75 Å². The average Bonchev–Trinajstić information content (AvgIpc) is 3.21. The molecule has 29 heavy (non-hydrogen) atoms. The van der Waals surface area contributed by atoms with Gasteiger partial charge in [-0.2, -0.15) is 0 Å². The number of carbonyl (C=O) groups excluding carboxylic acids is 1. The highest BCUT2D eigenvalue weighted by Gasteiger charge is 2.05. The molecule has 0 saturated heterocycles. The van der Waals surface area contributed by atoms with Crippen molar-refractivity contribution in [2.45, 2.75) is 26.2 Å². The molecule has 150 valence electrons. The number of aromatic nitrogens is 1. The van der Waals surface area contributed by atoms with Crippen LogP contribution < -0.4 is 10.1 Å². The van der Waals surface area contributed by atoms with E-state index in [2.05, 4.69) is 36.3 Å². The summed E-state index contributed by atoms with van der Waals surface area (Å²) in [6.07, 6.45) is 4.13. The summed E-state index contributed by atoms with van der Waals surface area (Å²) in [5, 5.41) is 5.96. The molecule has 0 aliphatic carbocycles. The van der Waals surface area contributed by atoms with Crippen molar-refractivity contribution in [3.63, 3.8) is 0 Å². The molecule has 1 aromatic heterocycles. The molecule has 0 aliphatic rings. The second-order valence-electron chi connectivity index (χ2n) is 7.05. The molecule has 0 spiro atoms. The van der Waals surface area contributed by atoms with E-state index >= 15 is 0 Å². The Morgan fingerprint density at radius 2 is 1.86 bits per heavy atom. The molecule has 1 heterocycles. The minimum Gasteiger partial charge on any atom is -0.497 e. The summed E-state index contributed by atoms with van der Waals surface area (Å²) in [5.41, 5.74) is 4.32. The Kier molecular flexibility index (Phi) is 7.19. The van der Waals surface area contributed by atoms with Crippen LogP contribution in [0.25, 0.3) is 17.3 Å². The highest BCUT2D eigenvalue weighted by atomic mass is 32.1. The van der Waals surface area contributed by atoms with Gasteiger partial charge in [-0.15, -0.1) is 11.3 Å². The number of amides is 1. The van der Waals surface area contributed by atoms with Crippen molar-refractivity contribution in [1.82, 2.24) is 10.3 Å². The van der Waals surface area contributed by atoms with Crippen molar-refractivity contribution in [3.8, 4) is 17.0 Å². The molecular weight excluding hydrogens is 380 g/mol. The Bertz CT molecular complexity index is 957. The number of rotatable bonds is 8. The molecule has 0 unspecified atom stereocenters. The van der Waals surface area contributed by atoms with Gasteiger partial charge < -0.3 is 10.1 Å². The topological polar surface area (TPSA) is 51.2 Å². The summed E-state index contributed by atoms with van der Waals surface area (Å²) in [4.78, 5) is 16.7. The zero-order valence-corrected chi connectivity index (χ0v) is 17.8. The summed E-state index contributed by atoms with van der Waals surface area (Å²) in [7, 11) is 1.65. The second kappa shape index (κ2) is 10.0. The summed E-state index contributed by atoms with van der Waals surface area (Å²) >= 11 is 1.61. The molecule has 0 fully saturated rings. The number of benzene rings is 2. The third-order valence-corrected chi connectivity index (χ3v) is 5.51. The molecule has 1 N–H and O–H groups in total. The van der Waals surface area contributed by atoms with Crippen LogP contribution >= 0.6 is 11.3 Å². The summed E-state index contributed by atoms with van der Waals surface area (Å²) in [6, 6.07) is 16.1.